The Hall–Kier alpha value is -1.57. The summed E-state index contributed by atoms with van der Waals surface area (Å²) >= 11 is 2.79. The summed E-state index contributed by atoms with van der Waals surface area (Å²) < 4.78 is 37.5. The number of halogens is 4. The molecule has 0 saturated heterocycles. The lowest BCUT2D eigenvalue weighted by molar-refractivity contribution is -0.150. The van der Waals surface area contributed by atoms with Gasteiger partial charge in [0.1, 0.15) is 0 Å². The van der Waals surface area contributed by atoms with Crippen molar-refractivity contribution in [2.75, 3.05) is 0 Å². The van der Waals surface area contributed by atoms with Crippen molar-refractivity contribution in [2.24, 2.45) is 0 Å². The van der Waals surface area contributed by atoms with Crippen molar-refractivity contribution in [1.29, 1.82) is 0 Å². The fraction of sp³-hybridized carbons (Fsp3) is 0.200. The molecular formula is C10H6BrF3O4. The first-order valence-corrected chi connectivity index (χ1v) is 5.25. The number of hydrogen-bond acceptors (Lipinski definition) is 2. The van der Waals surface area contributed by atoms with Gasteiger partial charge in [-0.2, -0.15) is 13.2 Å². The lowest BCUT2D eigenvalue weighted by Gasteiger charge is -2.12. The molecule has 0 atom stereocenters. The molecule has 0 aliphatic rings. The molecule has 0 radical (unpaired) electrons. The van der Waals surface area contributed by atoms with Crippen molar-refractivity contribution in [3.8, 4) is 0 Å². The van der Waals surface area contributed by atoms with Crippen molar-refractivity contribution >= 4 is 27.9 Å². The molecular weight excluding hydrogens is 321 g/mol. The van der Waals surface area contributed by atoms with E-state index in [9.17, 15) is 22.8 Å². The average molecular weight is 327 g/mol. The second-order valence-corrected chi connectivity index (χ2v) is 4.30. The molecule has 8 heteroatoms. The summed E-state index contributed by atoms with van der Waals surface area (Å²) in [7, 11) is 0. The smallest absolute Gasteiger partial charge is 0.416 e. The monoisotopic (exact) mass is 326 g/mol. The lowest BCUT2D eigenvalue weighted by atomic mass is 9.97. The molecule has 0 unspecified atom stereocenters. The Morgan fingerprint density at radius 1 is 1.11 bits per heavy atom. The minimum Gasteiger partial charge on any atom is -0.480 e. The Kier molecular flexibility index (Phi) is 4.00. The maximum absolute atomic E-state index is 12.5. The largest absolute Gasteiger partial charge is 0.480 e. The van der Waals surface area contributed by atoms with Crippen molar-refractivity contribution < 1.29 is 33.0 Å². The third-order valence-electron chi connectivity index (χ3n) is 2.07. The highest BCUT2D eigenvalue weighted by molar-refractivity contribution is 9.10. The van der Waals surface area contributed by atoms with E-state index in [-0.39, 0.29) is 4.47 Å². The molecule has 0 amide bonds. The highest BCUT2D eigenvalue weighted by atomic mass is 79.9. The first kappa shape index (κ1) is 14.5. The normalized spacial score (nSPS) is 11.6. The van der Waals surface area contributed by atoms with E-state index in [0.717, 1.165) is 12.1 Å². The van der Waals surface area contributed by atoms with Gasteiger partial charge in [-0.3, -0.25) is 9.59 Å². The highest BCUT2D eigenvalue weighted by Gasteiger charge is 2.34. The summed E-state index contributed by atoms with van der Waals surface area (Å²) in [6, 6.07) is 2.28. The summed E-state index contributed by atoms with van der Waals surface area (Å²) in [5.41, 5.74) is -1.56. The van der Waals surface area contributed by atoms with E-state index in [1.165, 1.54) is 0 Å². The number of carbonyl (C=O) groups is 2. The molecule has 0 heterocycles. The highest BCUT2D eigenvalue weighted by Crippen LogP contribution is 2.33. The molecule has 1 rings (SSSR count). The summed E-state index contributed by atoms with van der Waals surface area (Å²) in [6.07, 6.45) is -4.68. The fourth-order valence-corrected chi connectivity index (χ4v) is 1.84. The van der Waals surface area contributed by atoms with Crippen LogP contribution in [0.2, 0.25) is 0 Å². The van der Waals surface area contributed by atoms with Gasteiger partial charge in [0.2, 0.25) is 0 Å². The van der Waals surface area contributed by atoms with Crippen molar-refractivity contribution in [3.63, 3.8) is 0 Å². The molecule has 1 aromatic rings. The van der Waals surface area contributed by atoms with Gasteiger partial charge in [-0.1, -0.05) is 15.9 Å². The summed E-state index contributed by atoms with van der Waals surface area (Å²) in [4.78, 5) is 21.5. The molecule has 0 saturated carbocycles. The number of alkyl halides is 3. The van der Waals surface area contributed by atoms with Crippen LogP contribution in [0.5, 0.6) is 0 Å². The second-order valence-electron chi connectivity index (χ2n) is 3.38. The van der Waals surface area contributed by atoms with E-state index >= 15 is 0 Å². The van der Waals surface area contributed by atoms with Crippen molar-refractivity contribution in [1.82, 2.24) is 0 Å². The van der Waals surface area contributed by atoms with E-state index in [1.54, 1.807) is 0 Å². The zero-order valence-corrected chi connectivity index (χ0v) is 10.1. The van der Waals surface area contributed by atoms with E-state index in [4.69, 9.17) is 10.2 Å². The number of carboxylic acids is 2. The third kappa shape index (κ3) is 3.22. The van der Waals surface area contributed by atoms with Gasteiger partial charge in [-0.15, -0.1) is 0 Å². The second kappa shape index (κ2) is 4.97. The SMILES string of the molecule is O=C(O)C(C(=O)O)c1cc(Br)cc(C(F)(F)F)c1. The van der Waals surface area contributed by atoms with Gasteiger partial charge in [0.05, 0.1) is 5.56 Å². The minimum atomic E-state index is -4.68. The Balaban J connectivity index is 3.37. The van der Waals surface area contributed by atoms with E-state index in [2.05, 4.69) is 15.9 Å². The minimum absolute atomic E-state index is 0.0418. The van der Waals surface area contributed by atoms with E-state index in [1.807, 2.05) is 0 Å². The van der Waals surface area contributed by atoms with Crippen LogP contribution in [-0.4, -0.2) is 22.2 Å². The topological polar surface area (TPSA) is 74.6 Å². The van der Waals surface area contributed by atoms with Crippen LogP contribution in [0.1, 0.15) is 17.0 Å². The zero-order chi connectivity index (χ0) is 14.1. The van der Waals surface area contributed by atoms with Crippen LogP contribution in [0, 0.1) is 0 Å². The molecule has 2 N–H and O–H groups in total. The van der Waals surface area contributed by atoms with E-state index < -0.39 is 35.2 Å². The molecule has 4 nitrogen and oxygen atoms in total. The maximum Gasteiger partial charge on any atom is 0.416 e. The number of benzene rings is 1. The van der Waals surface area contributed by atoms with Crippen LogP contribution in [-0.2, 0) is 15.8 Å². The van der Waals surface area contributed by atoms with Crippen LogP contribution in [0.4, 0.5) is 13.2 Å². The molecule has 0 bridgehead atoms. The Morgan fingerprint density at radius 3 is 2.00 bits per heavy atom. The molecule has 0 aliphatic carbocycles. The van der Waals surface area contributed by atoms with Crippen LogP contribution in [0.25, 0.3) is 0 Å². The molecule has 0 spiro atoms. The molecule has 0 aliphatic heterocycles. The maximum atomic E-state index is 12.5. The third-order valence-corrected chi connectivity index (χ3v) is 2.53. The molecule has 1 aromatic carbocycles. The zero-order valence-electron chi connectivity index (χ0n) is 8.53. The van der Waals surface area contributed by atoms with Crippen LogP contribution >= 0.6 is 15.9 Å². The molecule has 0 fully saturated rings. The van der Waals surface area contributed by atoms with Crippen molar-refractivity contribution in [2.45, 2.75) is 12.1 Å². The van der Waals surface area contributed by atoms with Crippen LogP contribution < -0.4 is 0 Å². The lowest BCUT2D eigenvalue weighted by Crippen LogP contribution is -2.21. The molecule has 18 heavy (non-hydrogen) atoms. The van der Waals surface area contributed by atoms with E-state index in [0.29, 0.717) is 6.07 Å². The quantitative estimate of drug-likeness (QED) is 0.837. The van der Waals surface area contributed by atoms with Gasteiger partial charge in [-0.05, 0) is 23.8 Å². The van der Waals surface area contributed by atoms with Gasteiger partial charge in [0.15, 0.2) is 5.92 Å². The first-order chi connectivity index (χ1) is 8.12. The first-order valence-electron chi connectivity index (χ1n) is 4.46. The van der Waals surface area contributed by atoms with Gasteiger partial charge in [0.25, 0.3) is 0 Å². The number of rotatable bonds is 3. The summed E-state index contributed by atoms with van der Waals surface area (Å²) in [6.45, 7) is 0. The van der Waals surface area contributed by atoms with Crippen LogP contribution in [0.15, 0.2) is 22.7 Å². The predicted molar refractivity (Wildman–Crippen MR) is 57.2 cm³/mol. The molecule has 0 aromatic heterocycles. The van der Waals surface area contributed by atoms with Gasteiger partial charge in [0, 0.05) is 4.47 Å². The van der Waals surface area contributed by atoms with Gasteiger partial charge < -0.3 is 10.2 Å². The number of aliphatic carboxylic acids is 2. The van der Waals surface area contributed by atoms with Gasteiger partial charge in [-0.25, -0.2) is 0 Å². The predicted octanol–water partition coefficient (Wildman–Crippen LogP) is 2.72. The average Bonchev–Trinajstić information content (AvgIpc) is 2.13. The number of hydrogen-bond donors (Lipinski definition) is 2. The van der Waals surface area contributed by atoms with Crippen molar-refractivity contribution in [3.05, 3.63) is 33.8 Å². The van der Waals surface area contributed by atoms with Crippen LogP contribution in [0.3, 0.4) is 0 Å². The standard InChI is InChI=1S/C10H6BrF3O4/c11-6-2-4(7(8(15)16)9(17)18)1-5(3-6)10(12,13)14/h1-3,7H,(H,15,16)(H,17,18). The summed E-state index contributed by atoms with van der Waals surface area (Å²) in [5, 5.41) is 17.4. The Bertz CT molecular complexity index is 484. The van der Waals surface area contributed by atoms with Gasteiger partial charge >= 0.3 is 18.1 Å². The fourth-order valence-electron chi connectivity index (χ4n) is 1.33. The number of carboxylic acid groups (broad SMARTS) is 2. The summed E-state index contributed by atoms with van der Waals surface area (Å²) in [5.74, 6) is -5.49. The Morgan fingerprint density at radius 2 is 1.61 bits per heavy atom. The Labute approximate surface area is 107 Å². The molecule has 98 valence electrons.